The van der Waals surface area contributed by atoms with Gasteiger partial charge in [0.25, 0.3) is 0 Å². The number of rotatable bonds is 11. The number of hydrogen-bond donors (Lipinski definition) is 2. The second kappa shape index (κ2) is 15.8. The van der Waals surface area contributed by atoms with Crippen molar-refractivity contribution in [2.45, 2.75) is 51.9 Å². The Hall–Kier alpha value is -4.22. The van der Waals surface area contributed by atoms with Gasteiger partial charge >= 0.3 is 0 Å². The Morgan fingerprint density at radius 2 is 1.42 bits per heavy atom. The predicted octanol–water partition coefficient (Wildman–Crippen LogP) is 6.22. The summed E-state index contributed by atoms with van der Waals surface area (Å²) in [5.74, 6) is 1.44. The van der Waals surface area contributed by atoms with Gasteiger partial charge in [0.1, 0.15) is 5.75 Å². The topological polar surface area (TPSA) is 109 Å². The van der Waals surface area contributed by atoms with Crippen LogP contribution in [0.25, 0.3) is 33.6 Å². The SMILES string of the molecule is COc1cc(-c2nccc(-c3cccc(-c4ccc(CN[C@@H]5CCN(C(C)=O)C5)c(OC)n4)c3Cl)c2Cl)ccc1CN[C@@H]1CCN(C(C)=O)C1. The van der Waals surface area contributed by atoms with Crippen LogP contribution < -0.4 is 20.1 Å². The molecule has 12 heteroatoms. The Balaban J connectivity index is 1.21. The third-order valence-electron chi connectivity index (χ3n) is 9.58. The zero-order valence-corrected chi connectivity index (χ0v) is 30.3. The molecule has 2 fully saturated rings. The summed E-state index contributed by atoms with van der Waals surface area (Å²) in [5.41, 5.74) is 6.27. The molecule has 0 bridgehead atoms. The van der Waals surface area contributed by atoms with Gasteiger partial charge in [0.05, 0.1) is 35.7 Å². The molecule has 2 aromatic carbocycles. The normalized spacial score (nSPS) is 17.3. The van der Waals surface area contributed by atoms with Gasteiger partial charge in [-0.3, -0.25) is 14.6 Å². The number of carbonyl (C=O) groups is 2. The molecule has 0 spiro atoms. The van der Waals surface area contributed by atoms with Gasteiger partial charge in [-0.1, -0.05) is 59.6 Å². The molecule has 0 unspecified atom stereocenters. The van der Waals surface area contributed by atoms with Crippen molar-refractivity contribution in [2.75, 3.05) is 40.4 Å². The van der Waals surface area contributed by atoms with Gasteiger partial charge in [0.15, 0.2) is 0 Å². The van der Waals surface area contributed by atoms with Crippen LogP contribution in [0.4, 0.5) is 0 Å². The number of methoxy groups -OCH3 is 2. The number of likely N-dealkylation sites (tertiary alicyclic amines) is 2. The summed E-state index contributed by atoms with van der Waals surface area (Å²) in [6, 6.07) is 18.0. The van der Waals surface area contributed by atoms with Crippen LogP contribution in [0.3, 0.4) is 0 Å². The third-order valence-corrected chi connectivity index (χ3v) is 10.4. The van der Waals surface area contributed by atoms with E-state index in [0.29, 0.717) is 53.5 Å². The highest BCUT2D eigenvalue weighted by Gasteiger charge is 2.25. The van der Waals surface area contributed by atoms with Gasteiger partial charge < -0.3 is 29.9 Å². The first-order valence-electron chi connectivity index (χ1n) is 16.8. The Kier molecular flexibility index (Phi) is 11.2. The summed E-state index contributed by atoms with van der Waals surface area (Å²) in [6.07, 6.45) is 3.56. The molecule has 6 rings (SSSR count). The largest absolute Gasteiger partial charge is 0.496 e. The van der Waals surface area contributed by atoms with Crippen molar-refractivity contribution in [3.8, 4) is 45.3 Å². The molecular weight excluding hydrogens is 675 g/mol. The minimum absolute atomic E-state index is 0.101. The first-order valence-corrected chi connectivity index (χ1v) is 17.5. The predicted molar refractivity (Wildman–Crippen MR) is 196 cm³/mol. The summed E-state index contributed by atoms with van der Waals surface area (Å²) in [6.45, 7) is 7.34. The minimum Gasteiger partial charge on any atom is -0.496 e. The molecule has 2 aliphatic rings. The van der Waals surface area contributed by atoms with Crippen LogP contribution >= 0.6 is 23.2 Å². The minimum atomic E-state index is 0.101. The maximum Gasteiger partial charge on any atom is 0.219 e. The van der Waals surface area contributed by atoms with E-state index in [-0.39, 0.29) is 23.9 Å². The average molecular weight is 718 g/mol. The summed E-state index contributed by atoms with van der Waals surface area (Å²) in [4.78, 5) is 36.6. The first-order chi connectivity index (χ1) is 24.2. The second-order valence-corrected chi connectivity index (χ2v) is 13.5. The highest BCUT2D eigenvalue weighted by atomic mass is 35.5. The molecule has 2 aliphatic heterocycles. The standard InChI is InChI=1S/C38H42Cl2N6O4/c1-23(47)45-16-13-28(21-45)42-19-26-9-8-25(18-34(26)49-3)37-36(40)31(12-15-41-37)30-6-5-7-32(35(30)39)33-11-10-27(38(44-33)50-4)20-43-29-14-17-46(22-29)24(2)48/h5-12,15,18,28-29,42-43H,13-14,16-17,19-22H2,1-4H3/t28-,29-/m1/s1. The number of aromatic nitrogens is 2. The van der Waals surface area contributed by atoms with E-state index in [9.17, 15) is 9.59 Å². The van der Waals surface area contributed by atoms with Crippen LogP contribution in [-0.2, 0) is 22.7 Å². The zero-order chi connectivity index (χ0) is 35.4. The number of pyridine rings is 2. The summed E-state index contributed by atoms with van der Waals surface area (Å²) in [7, 11) is 3.26. The molecule has 4 heterocycles. The molecule has 2 atom stereocenters. The van der Waals surface area contributed by atoms with Crippen LogP contribution in [0.5, 0.6) is 11.6 Å². The van der Waals surface area contributed by atoms with Crippen molar-refractivity contribution in [3.05, 3.63) is 82.0 Å². The van der Waals surface area contributed by atoms with E-state index in [4.69, 9.17) is 37.7 Å². The number of hydrogen-bond acceptors (Lipinski definition) is 8. The number of nitrogens with one attached hydrogen (secondary N) is 2. The van der Waals surface area contributed by atoms with Crippen molar-refractivity contribution in [2.24, 2.45) is 0 Å². The van der Waals surface area contributed by atoms with E-state index in [1.807, 2.05) is 64.4 Å². The average Bonchev–Trinajstić information content (AvgIpc) is 3.81. The monoisotopic (exact) mass is 716 g/mol. The summed E-state index contributed by atoms with van der Waals surface area (Å²) < 4.78 is 11.5. The van der Waals surface area contributed by atoms with Crippen molar-refractivity contribution < 1.29 is 19.1 Å². The van der Waals surface area contributed by atoms with E-state index in [1.54, 1.807) is 34.3 Å². The van der Waals surface area contributed by atoms with E-state index < -0.39 is 0 Å². The lowest BCUT2D eigenvalue weighted by Crippen LogP contribution is -2.33. The van der Waals surface area contributed by atoms with Gasteiger partial charge in [-0.15, -0.1) is 0 Å². The smallest absolute Gasteiger partial charge is 0.219 e. The number of amides is 2. The second-order valence-electron chi connectivity index (χ2n) is 12.7. The molecule has 0 radical (unpaired) electrons. The van der Waals surface area contributed by atoms with E-state index in [2.05, 4.69) is 15.6 Å². The van der Waals surface area contributed by atoms with Crippen LogP contribution in [0.15, 0.2) is 60.8 Å². The van der Waals surface area contributed by atoms with Crippen LogP contribution in [0.2, 0.25) is 10.0 Å². The fourth-order valence-corrected chi connectivity index (χ4v) is 7.34. The lowest BCUT2D eigenvalue weighted by Gasteiger charge is -2.17. The Morgan fingerprint density at radius 3 is 2.04 bits per heavy atom. The summed E-state index contributed by atoms with van der Waals surface area (Å²) >= 11 is 14.2. The molecule has 10 nitrogen and oxygen atoms in total. The van der Waals surface area contributed by atoms with Gasteiger partial charge in [-0.25, -0.2) is 4.98 Å². The molecule has 2 aromatic heterocycles. The van der Waals surface area contributed by atoms with Crippen LogP contribution in [-0.4, -0.2) is 84.1 Å². The van der Waals surface area contributed by atoms with Gasteiger partial charge in [-0.05, 0) is 31.0 Å². The number of carbonyl (C=O) groups excluding carboxylic acids is 2. The highest BCUT2D eigenvalue weighted by molar-refractivity contribution is 6.39. The van der Waals surface area contributed by atoms with Crippen molar-refractivity contribution in [1.82, 2.24) is 30.4 Å². The molecule has 50 heavy (non-hydrogen) atoms. The lowest BCUT2D eigenvalue weighted by molar-refractivity contribution is -0.128. The molecule has 262 valence electrons. The quantitative estimate of drug-likeness (QED) is 0.188. The van der Waals surface area contributed by atoms with E-state index in [0.717, 1.165) is 65.1 Å². The number of nitrogens with zero attached hydrogens (tertiary/aromatic N) is 4. The molecule has 4 aromatic rings. The van der Waals surface area contributed by atoms with Gasteiger partial charge in [0.2, 0.25) is 17.7 Å². The molecule has 0 aliphatic carbocycles. The Morgan fingerprint density at radius 1 is 0.800 bits per heavy atom. The first kappa shape index (κ1) is 35.6. The Labute approximate surface area is 303 Å². The molecule has 2 saturated heterocycles. The van der Waals surface area contributed by atoms with Gasteiger partial charge in [-0.2, -0.15) is 0 Å². The maximum absolute atomic E-state index is 11.7. The van der Waals surface area contributed by atoms with E-state index >= 15 is 0 Å². The molecule has 2 amide bonds. The molecular formula is C38H42Cl2N6O4. The van der Waals surface area contributed by atoms with Crippen molar-refractivity contribution in [3.63, 3.8) is 0 Å². The highest BCUT2D eigenvalue weighted by Crippen LogP contribution is 2.42. The fourth-order valence-electron chi connectivity index (χ4n) is 6.69. The van der Waals surface area contributed by atoms with E-state index in [1.165, 1.54) is 0 Å². The number of benzene rings is 2. The molecule has 0 saturated carbocycles. The summed E-state index contributed by atoms with van der Waals surface area (Å²) in [5, 5.41) is 8.07. The third kappa shape index (κ3) is 7.73. The van der Waals surface area contributed by atoms with Gasteiger partial charge in [0, 0.05) is 105 Å². The zero-order valence-electron chi connectivity index (χ0n) is 28.8. The van der Waals surface area contributed by atoms with Crippen molar-refractivity contribution in [1.29, 1.82) is 0 Å². The van der Waals surface area contributed by atoms with Crippen LogP contribution in [0.1, 0.15) is 37.8 Å². The molecule has 2 N–H and O–H groups in total. The Bertz CT molecular complexity index is 1750. The lowest BCUT2D eigenvalue weighted by atomic mass is 9.99. The van der Waals surface area contributed by atoms with Crippen LogP contribution in [0, 0.1) is 0 Å². The number of halogens is 2. The maximum atomic E-state index is 11.7. The van der Waals surface area contributed by atoms with Crippen molar-refractivity contribution >= 4 is 35.0 Å². The fraction of sp³-hybridized carbons (Fsp3) is 0.368. The number of ether oxygens (including phenoxy) is 2.